The van der Waals surface area contributed by atoms with Crippen molar-refractivity contribution in [2.75, 3.05) is 13.0 Å². The first-order valence-electron chi connectivity index (χ1n) is 3.92. The fourth-order valence-electron chi connectivity index (χ4n) is 0.922. The van der Waals surface area contributed by atoms with Gasteiger partial charge in [-0.3, -0.25) is 10.1 Å². The van der Waals surface area contributed by atoms with E-state index in [2.05, 4.69) is 16.8 Å². The van der Waals surface area contributed by atoms with Crippen LogP contribution in [0.3, 0.4) is 0 Å². The summed E-state index contributed by atoms with van der Waals surface area (Å²) in [5, 5.41) is 10.5. The Bertz CT molecular complexity index is 437. The minimum Gasteiger partial charge on any atom is -0.480 e. The van der Waals surface area contributed by atoms with Gasteiger partial charge in [0.2, 0.25) is 5.88 Å². The third-order valence-electron chi connectivity index (χ3n) is 1.53. The van der Waals surface area contributed by atoms with Gasteiger partial charge < -0.3 is 4.74 Å². The smallest absolute Gasteiger partial charge is 0.289 e. The Balaban J connectivity index is 3.19. The van der Waals surface area contributed by atoms with Gasteiger partial charge in [-0.25, -0.2) is 4.98 Å². The largest absolute Gasteiger partial charge is 0.480 e. The number of hydrogen-bond acceptors (Lipinski definition) is 4. The van der Waals surface area contributed by atoms with Gasteiger partial charge in [-0.05, 0) is 0 Å². The highest BCUT2D eigenvalue weighted by Gasteiger charge is 2.10. The first-order chi connectivity index (χ1) is 7.19. The summed E-state index contributed by atoms with van der Waals surface area (Å²) in [4.78, 5) is 13.7. The van der Waals surface area contributed by atoms with Crippen LogP contribution in [-0.4, -0.2) is 22.9 Å². The van der Waals surface area contributed by atoms with Gasteiger partial charge >= 0.3 is 0 Å². The normalized spacial score (nSPS) is 8.93. The van der Waals surface area contributed by atoms with Crippen molar-refractivity contribution in [2.24, 2.45) is 0 Å². The third kappa shape index (κ3) is 2.82. The lowest BCUT2D eigenvalue weighted by Crippen LogP contribution is -1.95. The molecule has 0 unspecified atom stereocenters. The van der Waals surface area contributed by atoms with Crippen LogP contribution in [0.1, 0.15) is 5.56 Å². The fraction of sp³-hybridized carbons (Fsp3) is 0.222. The van der Waals surface area contributed by atoms with Gasteiger partial charge in [0.15, 0.2) is 0 Å². The molecular weight excluding hydrogens is 220 g/mol. The molecule has 0 fully saturated rings. The predicted octanol–water partition coefficient (Wildman–Crippen LogP) is 1.59. The van der Waals surface area contributed by atoms with Gasteiger partial charge in [-0.15, -0.1) is 11.6 Å². The zero-order valence-corrected chi connectivity index (χ0v) is 8.61. The molecule has 1 rings (SSSR count). The molecule has 0 aliphatic carbocycles. The first kappa shape index (κ1) is 11.3. The minimum absolute atomic E-state index is 0.130. The van der Waals surface area contributed by atoms with Crippen molar-refractivity contribution in [3.8, 4) is 17.7 Å². The van der Waals surface area contributed by atoms with Crippen molar-refractivity contribution in [1.82, 2.24) is 4.98 Å². The molecule has 0 saturated carbocycles. The second kappa shape index (κ2) is 5.17. The molecule has 0 atom stereocenters. The van der Waals surface area contributed by atoms with Gasteiger partial charge in [0.1, 0.15) is 6.20 Å². The maximum atomic E-state index is 10.5. The molecule has 0 saturated heterocycles. The second-order valence-corrected chi connectivity index (χ2v) is 2.71. The van der Waals surface area contributed by atoms with Crippen LogP contribution in [-0.2, 0) is 0 Å². The summed E-state index contributed by atoms with van der Waals surface area (Å²) in [6.07, 6.45) is 1.12. The van der Waals surface area contributed by atoms with E-state index in [4.69, 9.17) is 16.3 Å². The second-order valence-electron chi connectivity index (χ2n) is 2.44. The number of ether oxygens (including phenoxy) is 1. The van der Waals surface area contributed by atoms with E-state index in [0.29, 0.717) is 5.56 Å². The molecule has 0 N–H and O–H groups in total. The van der Waals surface area contributed by atoms with Crippen LogP contribution in [0.4, 0.5) is 5.69 Å². The van der Waals surface area contributed by atoms with E-state index in [0.717, 1.165) is 6.20 Å². The van der Waals surface area contributed by atoms with Gasteiger partial charge in [0.25, 0.3) is 5.69 Å². The summed E-state index contributed by atoms with van der Waals surface area (Å²) in [6, 6.07) is 1.30. The molecule has 0 radical (unpaired) electrons. The number of alkyl halides is 1. The number of aromatic nitrogens is 1. The molecule has 0 spiro atoms. The van der Waals surface area contributed by atoms with E-state index in [1.165, 1.54) is 13.2 Å². The van der Waals surface area contributed by atoms with E-state index in [9.17, 15) is 10.1 Å². The minimum atomic E-state index is -0.543. The van der Waals surface area contributed by atoms with Gasteiger partial charge in [0.05, 0.1) is 23.5 Å². The highest BCUT2D eigenvalue weighted by Crippen LogP contribution is 2.19. The van der Waals surface area contributed by atoms with E-state index in [1.807, 2.05) is 0 Å². The Morgan fingerprint density at radius 3 is 3.00 bits per heavy atom. The number of rotatable bonds is 2. The quantitative estimate of drug-likeness (QED) is 0.332. The third-order valence-corrected chi connectivity index (χ3v) is 1.66. The Morgan fingerprint density at radius 1 is 1.73 bits per heavy atom. The molecule has 15 heavy (non-hydrogen) atoms. The molecule has 0 aliphatic heterocycles. The van der Waals surface area contributed by atoms with E-state index in [-0.39, 0.29) is 17.4 Å². The monoisotopic (exact) mass is 226 g/mol. The lowest BCUT2D eigenvalue weighted by molar-refractivity contribution is -0.385. The van der Waals surface area contributed by atoms with Crippen LogP contribution in [0.15, 0.2) is 12.3 Å². The molecule has 1 aromatic rings. The average molecular weight is 227 g/mol. The summed E-state index contributed by atoms with van der Waals surface area (Å²) in [7, 11) is 1.42. The molecule has 5 nitrogen and oxygen atoms in total. The van der Waals surface area contributed by atoms with Gasteiger partial charge in [-0.1, -0.05) is 11.8 Å². The van der Waals surface area contributed by atoms with Crippen molar-refractivity contribution in [2.45, 2.75) is 0 Å². The SMILES string of the molecule is COc1ncc([N+](=O)[O-])cc1C#CCCl. The van der Waals surface area contributed by atoms with E-state index < -0.39 is 4.92 Å². The lowest BCUT2D eigenvalue weighted by atomic mass is 10.2. The highest BCUT2D eigenvalue weighted by molar-refractivity contribution is 6.19. The Morgan fingerprint density at radius 2 is 2.47 bits per heavy atom. The molecule has 0 bridgehead atoms. The van der Waals surface area contributed by atoms with Gasteiger partial charge in [0, 0.05) is 6.07 Å². The molecule has 0 amide bonds. The summed E-state index contributed by atoms with van der Waals surface area (Å²) in [6.45, 7) is 0. The molecule has 0 aromatic carbocycles. The Kier molecular flexibility index (Phi) is 3.89. The van der Waals surface area contributed by atoms with Crippen molar-refractivity contribution in [3.05, 3.63) is 27.9 Å². The zero-order valence-electron chi connectivity index (χ0n) is 7.86. The van der Waals surface area contributed by atoms with E-state index in [1.54, 1.807) is 0 Å². The Hall–Kier alpha value is -1.80. The summed E-state index contributed by atoms with van der Waals surface area (Å²) in [5.41, 5.74) is 0.224. The first-order valence-corrected chi connectivity index (χ1v) is 4.45. The van der Waals surface area contributed by atoms with Crippen LogP contribution in [0.5, 0.6) is 5.88 Å². The van der Waals surface area contributed by atoms with Crippen LogP contribution in [0.25, 0.3) is 0 Å². The van der Waals surface area contributed by atoms with Crippen molar-refractivity contribution < 1.29 is 9.66 Å². The van der Waals surface area contributed by atoms with Crippen LogP contribution >= 0.6 is 11.6 Å². The number of nitrogens with zero attached hydrogens (tertiary/aromatic N) is 2. The summed E-state index contributed by atoms with van der Waals surface area (Å²) in [5.74, 6) is 5.61. The molecule has 6 heteroatoms. The number of nitro groups is 1. The van der Waals surface area contributed by atoms with Crippen molar-refractivity contribution >= 4 is 17.3 Å². The van der Waals surface area contributed by atoms with Crippen molar-refractivity contribution in [1.29, 1.82) is 0 Å². The van der Waals surface area contributed by atoms with Crippen LogP contribution < -0.4 is 4.74 Å². The highest BCUT2D eigenvalue weighted by atomic mass is 35.5. The predicted molar refractivity (Wildman–Crippen MR) is 55.0 cm³/mol. The number of pyridine rings is 1. The average Bonchev–Trinajstić information content (AvgIpc) is 2.25. The van der Waals surface area contributed by atoms with Crippen molar-refractivity contribution in [3.63, 3.8) is 0 Å². The molecule has 1 aromatic heterocycles. The topological polar surface area (TPSA) is 65.3 Å². The number of hydrogen-bond donors (Lipinski definition) is 0. The Labute approximate surface area is 91.2 Å². The van der Waals surface area contributed by atoms with Crippen LogP contribution in [0.2, 0.25) is 0 Å². The maximum Gasteiger partial charge on any atom is 0.289 e. The number of methoxy groups -OCH3 is 1. The summed E-state index contributed by atoms with van der Waals surface area (Å²) >= 11 is 5.38. The van der Waals surface area contributed by atoms with Crippen LogP contribution in [0, 0.1) is 22.0 Å². The zero-order chi connectivity index (χ0) is 11.3. The molecule has 0 aliphatic rings. The summed E-state index contributed by atoms with van der Waals surface area (Å²) < 4.78 is 4.90. The maximum absolute atomic E-state index is 10.5. The molecule has 78 valence electrons. The molecular formula is C9H7ClN2O3. The fourth-order valence-corrected chi connectivity index (χ4v) is 0.989. The molecule has 1 heterocycles. The number of halogens is 1. The standard InChI is InChI=1S/C9H7ClN2O3/c1-15-9-7(3-2-4-10)5-8(6-11-9)12(13)14/h5-6H,4H2,1H3. The van der Waals surface area contributed by atoms with Gasteiger partial charge in [-0.2, -0.15) is 0 Å². The lowest BCUT2D eigenvalue weighted by Gasteiger charge is -2.00. The van der Waals surface area contributed by atoms with E-state index >= 15 is 0 Å².